The van der Waals surface area contributed by atoms with Crippen LogP contribution < -0.4 is 0 Å². The minimum atomic E-state index is -0.120. The Bertz CT molecular complexity index is 219. The highest BCUT2D eigenvalue weighted by atomic mass is 19.1. The second-order valence-electron chi connectivity index (χ2n) is 2.67. The fraction of sp³-hybridized carbons (Fsp3) is 0.333. The SMILES string of the molecule is CC1=CC(F)=CCC(C)=C1. The molecule has 1 aliphatic carbocycles. The van der Waals surface area contributed by atoms with Crippen LogP contribution in [0.3, 0.4) is 0 Å². The number of halogens is 1. The van der Waals surface area contributed by atoms with E-state index in [-0.39, 0.29) is 5.83 Å². The summed E-state index contributed by atoms with van der Waals surface area (Å²) in [7, 11) is 0. The summed E-state index contributed by atoms with van der Waals surface area (Å²) in [5, 5.41) is 0. The molecule has 1 aliphatic rings. The maximum Gasteiger partial charge on any atom is 0.119 e. The van der Waals surface area contributed by atoms with Crippen LogP contribution in [0.2, 0.25) is 0 Å². The maximum absolute atomic E-state index is 12.6. The Morgan fingerprint density at radius 1 is 1.30 bits per heavy atom. The average molecular weight is 138 g/mol. The van der Waals surface area contributed by atoms with Gasteiger partial charge in [-0.05, 0) is 38.0 Å². The summed E-state index contributed by atoms with van der Waals surface area (Å²) < 4.78 is 12.6. The predicted molar refractivity (Wildman–Crippen MR) is 41.3 cm³/mol. The Balaban J connectivity index is 2.90. The molecule has 0 N–H and O–H groups in total. The van der Waals surface area contributed by atoms with Crippen molar-refractivity contribution in [1.82, 2.24) is 0 Å². The number of hydrogen-bond donors (Lipinski definition) is 0. The molecule has 0 amide bonds. The van der Waals surface area contributed by atoms with Gasteiger partial charge < -0.3 is 0 Å². The summed E-state index contributed by atoms with van der Waals surface area (Å²) in [6.45, 7) is 3.91. The molecule has 0 aromatic heterocycles. The molecule has 0 aromatic rings. The van der Waals surface area contributed by atoms with Crippen molar-refractivity contribution in [3.63, 3.8) is 0 Å². The van der Waals surface area contributed by atoms with E-state index in [1.807, 2.05) is 19.9 Å². The van der Waals surface area contributed by atoms with E-state index in [0.717, 1.165) is 12.0 Å². The highest BCUT2D eigenvalue weighted by Gasteiger charge is 1.97. The quantitative estimate of drug-likeness (QED) is 0.482. The average Bonchev–Trinajstić information content (AvgIpc) is 1.93. The maximum atomic E-state index is 12.6. The minimum absolute atomic E-state index is 0.120. The van der Waals surface area contributed by atoms with Gasteiger partial charge in [0.2, 0.25) is 0 Å². The molecular formula is C9H11F. The lowest BCUT2D eigenvalue weighted by molar-refractivity contribution is 0.662. The first-order chi connectivity index (χ1) is 4.68. The van der Waals surface area contributed by atoms with E-state index >= 15 is 0 Å². The zero-order valence-corrected chi connectivity index (χ0v) is 6.32. The van der Waals surface area contributed by atoms with Crippen molar-refractivity contribution >= 4 is 0 Å². The molecule has 0 fully saturated rings. The Morgan fingerprint density at radius 2 is 2.00 bits per heavy atom. The summed E-state index contributed by atoms with van der Waals surface area (Å²) in [6.07, 6.45) is 5.89. The molecule has 10 heavy (non-hydrogen) atoms. The topological polar surface area (TPSA) is 0 Å². The minimum Gasteiger partial charge on any atom is -0.207 e. The fourth-order valence-corrected chi connectivity index (χ4v) is 1.02. The first-order valence-electron chi connectivity index (χ1n) is 3.39. The molecule has 0 bridgehead atoms. The van der Waals surface area contributed by atoms with Crippen LogP contribution in [0.15, 0.2) is 35.2 Å². The molecule has 0 spiro atoms. The van der Waals surface area contributed by atoms with Crippen LogP contribution in [0.1, 0.15) is 20.3 Å². The van der Waals surface area contributed by atoms with Crippen molar-refractivity contribution in [2.75, 3.05) is 0 Å². The second kappa shape index (κ2) is 2.82. The molecule has 0 atom stereocenters. The van der Waals surface area contributed by atoms with E-state index in [9.17, 15) is 4.39 Å². The molecule has 0 unspecified atom stereocenters. The second-order valence-corrected chi connectivity index (χ2v) is 2.67. The molecule has 0 heterocycles. The van der Waals surface area contributed by atoms with E-state index in [1.54, 1.807) is 12.2 Å². The molecule has 0 aromatic carbocycles. The summed E-state index contributed by atoms with van der Waals surface area (Å²) >= 11 is 0. The molecule has 1 heteroatoms. The molecule has 0 aliphatic heterocycles. The van der Waals surface area contributed by atoms with Gasteiger partial charge in [0.25, 0.3) is 0 Å². The highest BCUT2D eigenvalue weighted by molar-refractivity contribution is 5.32. The lowest BCUT2D eigenvalue weighted by Gasteiger charge is -1.90. The molecule has 54 valence electrons. The fourth-order valence-electron chi connectivity index (χ4n) is 1.02. The number of rotatable bonds is 0. The van der Waals surface area contributed by atoms with Crippen molar-refractivity contribution in [3.8, 4) is 0 Å². The predicted octanol–water partition coefficient (Wildman–Crippen LogP) is 3.14. The van der Waals surface area contributed by atoms with Crippen molar-refractivity contribution in [1.29, 1.82) is 0 Å². The first-order valence-corrected chi connectivity index (χ1v) is 3.39. The van der Waals surface area contributed by atoms with Crippen LogP contribution in [0.5, 0.6) is 0 Å². The summed E-state index contributed by atoms with van der Waals surface area (Å²) in [4.78, 5) is 0. The smallest absolute Gasteiger partial charge is 0.119 e. The van der Waals surface area contributed by atoms with Crippen LogP contribution >= 0.6 is 0 Å². The van der Waals surface area contributed by atoms with Gasteiger partial charge in [0.15, 0.2) is 0 Å². The molecule has 0 saturated carbocycles. The third-order valence-electron chi connectivity index (χ3n) is 1.46. The Morgan fingerprint density at radius 3 is 2.70 bits per heavy atom. The van der Waals surface area contributed by atoms with Gasteiger partial charge in [-0.3, -0.25) is 0 Å². The van der Waals surface area contributed by atoms with E-state index in [1.165, 1.54) is 5.57 Å². The van der Waals surface area contributed by atoms with Gasteiger partial charge in [0.05, 0.1) is 0 Å². The Kier molecular flexibility index (Phi) is 2.05. The zero-order chi connectivity index (χ0) is 7.56. The zero-order valence-electron chi connectivity index (χ0n) is 6.32. The van der Waals surface area contributed by atoms with Gasteiger partial charge in [0, 0.05) is 0 Å². The van der Waals surface area contributed by atoms with E-state index < -0.39 is 0 Å². The third kappa shape index (κ3) is 1.83. The van der Waals surface area contributed by atoms with Crippen molar-refractivity contribution in [3.05, 3.63) is 35.2 Å². The summed E-state index contributed by atoms with van der Waals surface area (Å²) in [6, 6.07) is 0. The number of allylic oxidation sites excluding steroid dienone is 6. The van der Waals surface area contributed by atoms with Crippen molar-refractivity contribution in [2.24, 2.45) is 0 Å². The lowest BCUT2D eigenvalue weighted by Crippen LogP contribution is -1.70. The molecule has 0 saturated heterocycles. The van der Waals surface area contributed by atoms with Crippen LogP contribution in [-0.4, -0.2) is 0 Å². The van der Waals surface area contributed by atoms with E-state index in [4.69, 9.17) is 0 Å². The molecular weight excluding hydrogens is 127 g/mol. The van der Waals surface area contributed by atoms with Gasteiger partial charge in [0.1, 0.15) is 5.83 Å². The van der Waals surface area contributed by atoms with Gasteiger partial charge >= 0.3 is 0 Å². The largest absolute Gasteiger partial charge is 0.207 e. The molecule has 0 radical (unpaired) electrons. The molecule has 1 rings (SSSR count). The van der Waals surface area contributed by atoms with Crippen molar-refractivity contribution in [2.45, 2.75) is 20.3 Å². The van der Waals surface area contributed by atoms with Gasteiger partial charge in [-0.2, -0.15) is 0 Å². The summed E-state index contributed by atoms with van der Waals surface area (Å²) in [5.41, 5.74) is 2.20. The van der Waals surface area contributed by atoms with E-state index in [0.29, 0.717) is 0 Å². The van der Waals surface area contributed by atoms with Gasteiger partial charge in [-0.15, -0.1) is 0 Å². The lowest BCUT2D eigenvalue weighted by atomic mass is 10.2. The summed E-state index contributed by atoms with van der Waals surface area (Å²) in [5.74, 6) is -0.120. The van der Waals surface area contributed by atoms with Crippen LogP contribution in [-0.2, 0) is 0 Å². The highest BCUT2D eigenvalue weighted by Crippen LogP contribution is 2.15. The third-order valence-corrected chi connectivity index (χ3v) is 1.46. The normalized spacial score (nSPS) is 18.9. The van der Waals surface area contributed by atoms with Crippen LogP contribution in [0.25, 0.3) is 0 Å². The molecule has 0 nitrogen and oxygen atoms in total. The Hall–Kier alpha value is -0.850. The number of hydrogen-bond acceptors (Lipinski definition) is 0. The Labute approximate surface area is 60.7 Å². The van der Waals surface area contributed by atoms with Crippen molar-refractivity contribution < 1.29 is 4.39 Å². The van der Waals surface area contributed by atoms with Gasteiger partial charge in [-0.1, -0.05) is 11.6 Å². The first kappa shape index (κ1) is 7.26. The van der Waals surface area contributed by atoms with E-state index in [2.05, 4.69) is 0 Å². The standard InChI is InChI=1S/C9H11F/c1-7-3-4-9(10)6-8(2)5-7/h4-6H,3H2,1-2H3. The van der Waals surface area contributed by atoms with Gasteiger partial charge in [-0.25, -0.2) is 4.39 Å². The van der Waals surface area contributed by atoms with Crippen LogP contribution in [0, 0.1) is 0 Å². The monoisotopic (exact) mass is 138 g/mol. The van der Waals surface area contributed by atoms with Crippen LogP contribution in [0.4, 0.5) is 4.39 Å².